The molecule has 0 aromatic heterocycles. The number of carbonyl (C=O) groups is 2. The maximum Gasteiger partial charge on any atom is 0.416 e. The molecule has 19 heavy (non-hydrogen) atoms. The van der Waals surface area contributed by atoms with Gasteiger partial charge < -0.3 is 0 Å². The molecule has 100 valence electrons. The molecule has 1 aromatic rings. The Labute approximate surface area is 105 Å². The van der Waals surface area contributed by atoms with Crippen molar-refractivity contribution < 1.29 is 22.8 Å². The van der Waals surface area contributed by atoms with Crippen LogP contribution in [0, 0.1) is 0 Å². The number of nitrogens with zero attached hydrogens (tertiary/aromatic N) is 2. The number of nitrogens with one attached hydrogen (secondary N) is 1. The minimum absolute atomic E-state index is 0.198. The highest BCUT2D eigenvalue weighted by Gasteiger charge is 2.30. The van der Waals surface area contributed by atoms with Crippen molar-refractivity contribution in [1.29, 1.82) is 0 Å². The van der Waals surface area contributed by atoms with E-state index >= 15 is 0 Å². The van der Waals surface area contributed by atoms with Crippen LogP contribution in [0.15, 0.2) is 29.4 Å². The van der Waals surface area contributed by atoms with Crippen molar-refractivity contribution in [2.75, 3.05) is 6.54 Å². The fourth-order valence-electron chi connectivity index (χ4n) is 1.42. The van der Waals surface area contributed by atoms with Crippen LogP contribution in [0.25, 0.3) is 0 Å². The first-order chi connectivity index (χ1) is 8.86. The second kappa shape index (κ2) is 4.71. The molecule has 0 spiro atoms. The van der Waals surface area contributed by atoms with Crippen LogP contribution in [-0.4, -0.2) is 29.7 Å². The van der Waals surface area contributed by atoms with Crippen molar-refractivity contribution in [1.82, 2.24) is 10.3 Å². The summed E-state index contributed by atoms with van der Waals surface area (Å²) < 4.78 is 36.9. The number of halogens is 3. The lowest BCUT2D eigenvalue weighted by molar-refractivity contribution is -0.137. The molecule has 1 fully saturated rings. The average Bonchev–Trinajstić information content (AvgIpc) is 2.65. The second-order valence-corrected chi connectivity index (χ2v) is 3.78. The SMILES string of the molecule is O=C1CN(/N=C\c2ccc(C(F)(F)F)cc2)C(=O)N1. The molecule has 3 amide bonds. The van der Waals surface area contributed by atoms with Gasteiger partial charge in [-0.2, -0.15) is 18.3 Å². The largest absolute Gasteiger partial charge is 0.416 e. The summed E-state index contributed by atoms with van der Waals surface area (Å²) in [6.45, 7) is -0.198. The number of urea groups is 1. The van der Waals surface area contributed by atoms with Gasteiger partial charge in [0.15, 0.2) is 0 Å². The number of hydrogen-bond acceptors (Lipinski definition) is 3. The van der Waals surface area contributed by atoms with Crippen molar-refractivity contribution in [2.24, 2.45) is 5.10 Å². The van der Waals surface area contributed by atoms with Gasteiger partial charge in [-0.3, -0.25) is 10.1 Å². The Kier molecular flexibility index (Phi) is 3.24. The van der Waals surface area contributed by atoms with Crippen molar-refractivity contribution in [3.05, 3.63) is 35.4 Å². The molecule has 1 N–H and O–H groups in total. The number of carbonyl (C=O) groups excluding carboxylic acids is 2. The maximum absolute atomic E-state index is 12.3. The van der Waals surface area contributed by atoms with Crippen LogP contribution >= 0.6 is 0 Å². The lowest BCUT2D eigenvalue weighted by Gasteiger charge is -2.06. The molecular formula is C11H8F3N3O2. The molecule has 1 saturated heterocycles. The van der Waals surface area contributed by atoms with Gasteiger partial charge in [0.2, 0.25) is 5.91 Å². The van der Waals surface area contributed by atoms with Crippen molar-refractivity contribution in [2.45, 2.75) is 6.18 Å². The Morgan fingerprint density at radius 3 is 2.32 bits per heavy atom. The summed E-state index contributed by atoms with van der Waals surface area (Å²) in [7, 11) is 0. The minimum atomic E-state index is -4.39. The summed E-state index contributed by atoms with van der Waals surface area (Å²) in [6.07, 6.45) is -3.19. The monoisotopic (exact) mass is 271 g/mol. The number of imide groups is 1. The molecule has 0 aliphatic carbocycles. The van der Waals surface area contributed by atoms with Gasteiger partial charge in [-0.05, 0) is 17.7 Å². The van der Waals surface area contributed by atoms with Crippen molar-refractivity contribution >= 4 is 18.2 Å². The first-order valence-electron chi connectivity index (χ1n) is 5.19. The molecular weight excluding hydrogens is 263 g/mol. The number of hydrogen-bond donors (Lipinski definition) is 1. The van der Waals surface area contributed by atoms with Crippen molar-refractivity contribution in [3.8, 4) is 0 Å². The average molecular weight is 271 g/mol. The first kappa shape index (κ1) is 13.1. The number of hydrazone groups is 1. The van der Waals surface area contributed by atoms with Crippen LogP contribution < -0.4 is 5.32 Å². The highest BCUT2D eigenvalue weighted by molar-refractivity contribution is 6.02. The summed E-state index contributed by atoms with van der Waals surface area (Å²) in [5, 5.41) is 6.62. The summed E-state index contributed by atoms with van der Waals surface area (Å²) in [5.74, 6) is -0.477. The zero-order valence-corrected chi connectivity index (χ0v) is 9.44. The summed E-state index contributed by atoms with van der Waals surface area (Å²) in [6, 6.07) is 3.62. The fraction of sp³-hybridized carbons (Fsp3) is 0.182. The standard InChI is InChI=1S/C11H8F3N3O2/c12-11(13,14)8-3-1-7(2-4-8)5-15-17-6-9(18)16-10(17)19/h1-5H,6H2,(H,16,18,19)/b15-5-. The number of amides is 3. The first-order valence-corrected chi connectivity index (χ1v) is 5.19. The van der Waals surface area contributed by atoms with E-state index in [-0.39, 0.29) is 6.54 Å². The molecule has 1 aliphatic heterocycles. The summed E-state index contributed by atoms with van der Waals surface area (Å²) in [4.78, 5) is 22.0. The Balaban J connectivity index is 2.08. The lowest BCUT2D eigenvalue weighted by Crippen LogP contribution is -2.24. The Hall–Kier alpha value is -2.38. The van der Waals surface area contributed by atoms with E-state index in [1.54, 1.807) is 0 Å². The number of alkyl halides is 3. The fourth-order valence-corrected chi connectivity index (χ4v) is 1.42. The van der Waals surface area contributed by atoms with Gasteiger partial charge in [-0.15, -0.1) is 0 Å². The third-order valence-electron chi connectivity index (χ3n) is 2.36. The zero-order chi connectivity index (χ0) is 14.0. The highest BCUT2D eigenvalue weighted by Crippen LogP contribution is 2.28. The van der Waals surface area contributed by atoms with Crippen LogP contribution in [0.1, 0.15) is 11.1 Å². The molecule has 0 atom stereocenters. The lowest BCUT2D eigenvalue weighted by atomic mass is 10.1. The topological polar surface area (TPSA) is 61.8 Å². The molecule has 5 nitrogen and oxygen atoms in total. The Morgan fingerprint density at radius 2 is 1.84 bits per heavy atom. The van der Waals surface area contributed by atoms with E-state index in [0.717, 1.165) is 17.1 Å². The van der Waals surface area contributed by atoms with Crippen LogP contribution in [0.4, 0.5) is 18.0 Å². The van der Waals surface area contributed by atoms with Crippen LogP contribution in [0.2, 0.25) is 0 Å². The molecule has 8 heteroatoms. The van der Waals surface area contributed by atoms with E-state index in [0.29, 0.717) is 5.56 Å². The Bertz CT molecular complexity index is 537. The van der Waals surface area contributed by atoms with E-state index in [1.165, 1.54) is 18.3 Å². The van der Waals surface area contributed by atoms with Gasteiger partial charge in [0.1, 0.15) is 6.54 Å². The van der Waals surface area contributed by atoms with Gasteiger partial charge in [-0.25, -0.2) is 9.80 Å². The third kappa shape index (κ3) is 3.09. The van der Waals surface area contributed by atoms with Gasteiger partial charge in [0.25, 0.3) is 0 Å². The van der Waals surface area contributed by atoms with E-state index in [1.807, 2.05) is 5.32 Å². The van der Waals surface area contributed by atoms with Gasteiger partial charge in [-0.1, -0.05) is 12.1 Å². The Morgan fingerprint density at radius 1 is 1.21 bits per heavy atom. The third-order valence-corrected chi connectivity index (χ3v) is 2.36. The van der Waals surface area contributed by atoms with E-state index in [9.17, 15) is 22.8 Å². The van der Waals surface area contributed by atoms with Gasteiger partial charge >= 0.3 is 12.2 Å². The van der Waals surface area contributed by atoms with E-state index < -0.39 is 23.7 Å². The van der Waals surface area contributed by atoms with Crippen molar-refractivity contribution in [3.63, 3.8) is 0 Å². The normalized spacial score (nSPS) is 16.3. The molecule has 1 aromatic carbocycles. The minimum Gasteiger partial charge on any atom is -0.275 e. The summed E-state index contributed by atoms with van der Waals surface area (Å²) in [5.41, 5.74) is -0.376. The molecule has 2 rings (SSSR count). The molecule has 0 unspecified atom stereocenters. The predicted octanol–water partition coefficient (Wildman–Crippen LogP) is 1.59. The smallest absolute Gasteiger partial charge is 0.275 e. The number of benzene rings is 1. The molecule has 1 heterocycles. The maximum atomic E-state index is 12.3. The highest BCUT2D eigenvalue weighted by atomic mass is 19.4. The molecule has 0 saturated carbocycles. The van der Waals surface area contributed by atoms with E-state index in [4.69, 9.17) is 0 Å². The van der Waals surface area contributed by atoms with Crippen LogP contribution in [0.3, 0.4) is 0 Å². The van der Waals surface area contributed by atoms with Crippen LogP contribution in [-0.2, 0) is 11.0 Å². The molecule has 0 bridgehead atoms. The summed E-state index contributed by atoms with van der Waals surface area (Å²) >= 11 is 0. The van der Waals surface area contributed by atoms with E-state index in [2.05, 4.69) is 5.10 Å². The quantitative estimate of drug-likeness (QED) is 0.656. The zero-order valence-electron chi connectivity index (χ0n) is 9.44. The number of rotatable bonds is 2. The molecule has 0 radical (unpaired) electrons. The van der Waals surface area contributed by atoms with Gasteiger partial charge in [0.05, 0.1) is 11.8 Å². The predicted molar refractivity (Wildman–Crippen MR) is 59.3 cm³/mol. The molecule has 1 aliphatic rings. The second-order valence-electron chi connectivity index (χ2n) is 3.78. The van der Waals surface area contributed by atoms with Crippen LogP contribution in [0.5, 0.6) is 0 Å². The van der Waals surface area contributed by atoms with Gasteiger partial charge in [0, 0.05) is 0 Å².